The SMILES string of the molecule is CCN(CCCOc1ccccc1OC)[C@@H]1CCS(=O)(=O)C1. The third-order valence-electron chi connectivity index (χ3n) is 4.05. The third-order valence-corrected chi connectivity index (χ3v) is 5.80. The highest BCUT2D eigenvalue weighted by atomic mass is 32.2. The second-order valence-electron chi connectivity index (χ2n) is 5.54. The summed E-state index contributed by atoms with van der Waals surface area (Å²) in [5.41, 5.74) is 0. The molecule has 0 amide bonds. The Bertz CT molecular complexity index is 573. The molecule has 1 saturated heterocycles. The van der Waals surface area contributed by atoms with E-state index in [-0.39, 0.29) is 6.04 Å². The molecule has 0 saturated carbocycles. The van der Waals surface area contributed by atoms with Crippen LogP contribution in [0.5, 0.6) is 11.5 Å². The maximum absolute atomic E-state index is 11.6. The van der Waals surface area contributed by atoms with Crippen LogP contribution in [0.4, 0.5) is 0 Å². The minimum Gasteiger partial charge on any atom is -0.493 e. The Morgan fingerprint density at radius 3 is 2.59 bits per heavy atom. The van der Waals surface area contributed by atoms with Crippen LogP contribution in [0.3, 0.4) is 0 Å². The Morgan fingerprint density at radius 1 is 1.27 bits per heavy atom. The van der Waals surface area contributed by atoms with Crippen molar-refractivity contribution in [2.45, 2.75) is 25.8 Å². The van der Waals surface area contributed by atoms with E-state index >= 15 is 0 Å². The first-order valence-electron chi connectivity index (χ1n) is 7.76. The average molecular weight is 327 g/mol. The van der Waals surface area contributed by atoms with Crippen molar-refractivity contribution in [1.29, 1.82) is 0 Å². The molecule has 0 aliphatic carbocycles. The largest absolute Gasteiger partial charge is 0.493 e. The van der Waals surface area contributed by atoms with Gasteiger partial charge in [0.05, 0.1) is 25.2 Å². The maximum Gasteiger partial charge on any atom is 0.161 e. The van der Waals surface area contributed by atoms with Gasteiger partial charge in [-0.05, 0) is 31.5 Å². The van der Waals surface area contributed by atoms with Gasteiger partial charge in [-0.25, -0.2) is 8.42 Å². The van der Waals surface area contributed by atoms with Gasteiger partial charge in [0.2, 0.25) is 0 Å². The normalized spacial score (nSPS) is 20.2. The van der Waals surface area contributed by atoms with Gasteiger partial charge in [-0.2, -0.15) is 0 Å². The molecule has 22 heavy (non-hydrogen) atoms. The van der Waals surface area contributed by atoms with Crippen LogP contribution in [-0.2, 0) is 9.84 Å². The highest BCUT2D eigenvalue weighted by Gasteiger charge is 2.31. The van der Waals surface area contributed by atoms with Crippen LogP contribution in [-0.4, -0.2) is 57.7 Å². The number of methoxy groups -OCH3 is 1. The number of hydrogen-bond donors (Lipinski definition) is 0. The van der Waals surface area contributed by atoms with Gasteiger partial charge in [-0.3, -0.25) is 4.90 Å². The first-order chi connectivity index (χ1) is 10.6. The Kier molecular flexibility index (Phi) is 6.08. The minimum absolute atomic E-state index is 0.168. The second-order valence-corrected chi connectivity index (χ2v) is 7.77. The van der Waals surface area contributed by atoms with Crippen molar-refractivity contribution in [2.75, 3.05) is 38.3 Å². The van der Waals surface area contributed by atoms with Crippen molar-refractivity contribution in [3.63, 3.8) is 0 Å². The van der Waals surface area contributed by atoms with Crippen LogP contribution in [0.15, 0.2) is 24.3 Å². The highest BCUT2D eigenvalue weighted by molar-refractivity contribution is 7.91. The summed E-state index contributed by atoms with van der Waals surface area (Å²) in [6, 6.07) is 7.75. The number of para-hydroxylation sites is 2. The van der Waals surface area contributed by atoms with Gasteiger partial charge in [0.25, 0.3) is 0 Å². The lowest BCUT2D eigenvalue weighted by Crippen LogP contribution is -2.37. The summed E-state index contributed by atoms with van der Waals surface area (Å²) in [7, 11) is -1.20. The topological polar surface area (TPSA) is 55.8 Å². The molecule has 0 radical (unpaired) electrons. The van der Waals surface area contributed by atoms with Crippen molar-refractivity contribution in [3.05, 3.63) is 24.3 Å². The molecule has 1 fully saturated rings. The van der Waals surface area contributed by atoms with E-state index in [4.69, 9.17) is 9.47 Å². The van der Waals surface area contributed by atoms with Gasteiger partial charge in [0, 0.05) is 12.6 Å². The smallest absolute Gasteiger partial charge is 0.161 e. The fourth-order valence-electron chi connectivity index (χ4n) is 2.85. The summed E-state index contributed by atoms with van der Waals surface area (Å²) in [4.78, 5) is 2.25. The Morgan fingerprint density at radius 2 is 2.00 bits per heavy atom. The fraction of sp³-hybridized carbons (Fsp3) is 0.625. The zero-order chi connectivity index (χ0) is 16.0. The van der Waals surface area contributed by atoms with Crippen LogP contribution < -0.4 is 9.47 Å². The monoisotopic (exact) mass is 327 g/mol. The number of hydrogen-bond acceptors (Lipinski definition) is 5. The lowest BCUT2D eigenvalue weighted by molar-refractivity contribution is 0.197. The van der Waals surface area contributed by atoms with Gasteiger partial charge in [0.1, 0.15) is 0 Å². The molecule has 124 valence electrons. The van der Waals surface area contributed by atoms with Crippen LogP contribution in [0, 0.1) is 0 Å². The summed E-state index contributed by atoms with van der Waals surface area (Å²) in [5, 5.41) is 0. The molecule has 1 atom stereocenters. The minimum atomic E-state index is -2.82. The molecule has 1 aliphatic heterocycles. The van der Waals surface area contributed by atoms with Crippen LogP contribution in [0.25, 0.3) is 0 Å². The van der Waals surface area contributed by atoms with E-state index in [9.17, 15) is 8.42 Å². The average Bonchev–Trinajstić information content (AvgIpc) is 2.87. The number of rotatable bonds is 8. The molecule has 1 aliphatic rings. The molecule has 0 spiro atoms. The van der Waals surface area contributed by atoms with E-state index in [1.54, 1.807) is 7.11 Å². The van der Waals surface area contributed by atoms with Crippen LogP contribution in [0.2, 0.25) is 0 Å². The zero-order valence-electron chi connectivity index (χ0n) is 13.3. The maximum atomic E-state index is 11.6. The number of benzene rings is 1. The van der Waals surface area contributed by atoms with E-state index in [2.05, 4.69) is 11.8 Å². The quantitative estimate of drug-likeness (QED) is 0.683. The highest BCUT2D eigenvalue weighted by Crippen LogP contribution is 2.26. The van der Waals surface area contributed by atoms with Gasteiger partial charge in [-0.1, -0.05) is 19.1 Å². The molecular formula is C16H25NO4S. The van der Waals surface area contributed by atoms with Crippen molar-refractivity contribution in [3.8, 4) is 11.5 Å². The molecular weight excluding hydrogens is 302 g/mol. The summed E-state index contributed by atoms with van der Waals surface area (Å²) in [6.07, 6.45) is 1.62. The lowest BCUT2D eigenvalue weighted by Gasteiger charge is -2.26. The molecule has 0 N–H and O–H groups in total. The van der Waals surface area contributed by atoms with Gasteiger partial charge >= 0.3 is 0 Å². The van der Waals surface area contributed by atoms with Crippen LogP contribution in [0.1, 0.15) is 19.8 Å². The Hall–Kier alpha value is -1.27. The lowest BCUT2D eigenvalue weighted by atomic mass is 10.2. The van der Waals surface area contributed by atoms with E-state index in [0.29, 0.717) is 18.1 Å². The first-order valence-corrected chi connectivity index (χ1v) is 9.58. The number of ether oxygens (including phenoxy) is 2. The van der Waals surface area contributed by atoms with Gasteiger partial charge in [0.15, 0.2) is 21.3 Å². The predicted octanol–water partition coefficient (Wildman–Crippen LogP) is 1.97. The van der Waals surface area contributed by atoms with E-state index < -0.39 is 9.84 Å². The first kappa shape index (κ1) is 17.1. The van der Waals surface area contributed by atoms with E-state index in [0.717, 1.165) is 37.4 Å². The number of sulfone groups is 1. The van der Waals surface area contributed by atoms with Gasteiger partial charge < -0.3 is 9.47 Å². The van der Waals surface area contributed by atoms with Crippen molar-refractivity contribution in [1.82, 2.24) is 4.90 Å². The molecule has 1 heterocycles. The van der Waals surface area contributed by atoms with E-state index in [1.807, 2.05) is 24.3 Å². The molecule has 0 bridgehead atoms. The van der Waals surface area contributed by atoms with Gasteiger partial charge in [-0.15, -0.1) is 0 Å². The summed E-state index contributed by atoms with van der Waals surface area (Å²) in [6.45, 7) is 4.39. The predicted molar refractivity (Wildman–Crippen MR) is 87.4 cm³/mol. The fourth-order valence-corrected chi connectivity index (χ4v) is 4.61. The molecule has 1 aromatic carbocycles. The van der Waals surface area contributed by atoms with E-state index in [1.165, 1.54) is 0 Å². The molecule has 0 aromatic heterocycles. The standard InChI is InChI=1S/C16H25NO4S/c1-3-17(14-9-12-22(18,19)13-14)10-6-11-21-16-8-5-4-7-15(16)20-2/h4-5,7-8,14H,3,6,9-13H2,1-2H3/t14-/m1/s1. The van der Waals surface area contributed by atoms with Crippen LogP contribution >= 0.6 is 0 Å². The number of nitrogens with zero attached hydrogens (tertiary/aromatic N) is 1. The Labute approximate surface area is 133 Å². The third kappa shape index (κ3) is 4.61. The molecule has 6 heteroatoms. The second kappa shape index (κ2) is 7.83. The van der Waals surface area contributed by atoms with Crippen molar-refractivity contribution >= 4 is 9.84 Å². The van der Waals surface area contributed by atoms with Crippen molar-refractivity contribution < 1.29 is 17.9 Å². The molecule has 0 unspecified atom stereocenters. The van der Waals surface area contributed by atoms with Crippen molar-refractivity contribution in [2.24, 2.45) is 0 Å². The summed E-state index contributed by atoms with van der Waals surface area (Å²) >= 11 is 0. The molecule has 5 nitrogen and oxygen atoms in total. The Balaban J connectivity index is 1.77. The summed E-state index contributed by atoms with van der Waals surface area (Å²) < 4.78 is 34.2. The zero-order valence-corrected chi connectivity index (χ0v) is 14.1. The summed E-state index contributed by atoms with van der Waals surface area (Å²) in [5.74, 6) is 2.10. The molecule has 2 rings (SSSR count). The molecule has 1 aromatic rings.